The van der Waals surface area contributed by atoms with Gasteiger partial charge < -0.3 is 4.90 Å². The highest BCUT2D eigenvalue weighted by Crippen LogP contribution is 2.47. The molecule has 122 valence electrons. The van der Waals surface area contributed by atoms with E-state index in [9.17, 15) is 4.79 Å². The highest BCUT2D eigenvalue weighted by Gasteiger charge is 2.46. The highest BCUT2D eigenvalue weighted by atomic mass is 16.2. The number of hydrogen-bond acceptors (Lipinski definition) is 2. The van der Waals surface area contributed by atoms with Crippen LogP contribution in [-0.2, 0) is 4.79 Å². The molecule has 1 N–H and O–H groups in total. The number of nitrogens with zero attached hydrogens (tertiary/aromatic N) is 1. The summed E-state index contributed by atoms with van der Waals surface area (Å²) in [6, 6.07) is 0.407. The molecule has 2 aliphatic rings. The van der Waals surface area contributed by atoms with Crippen LogP contribution < -0.4 is 5.32 Å². The molecular weight excluding hydrogens is 260 g/mol. The SMILES string of the molecule is CC(C)CC1NC(C)N(C2CC(C)(C)CC(C)(C)C2)C1=O. The second-order valence-electron chi connectivity index (χ2n) is 9.34. The summed E-state index contributed by atoms with van der Waals surface area (Å²) in [5, 5.41) is 3.51. The van der Waals surface area contributed by atoms with Crippen LogP contribution in [0.25, 0.3) is 0 Å². The van der Waals surface area contributed by atoms with Crippen LogP contribution in [0.4, 0.5) is 0 Å². The van der Waals surface area contributed by atoms with Gasteiger partial charge in [0.05, 0.1) is 12.2 Å². The number of nitrogens with one attached hydrogen (secondary N) is 1. The summed E-state index contributed by atoms with van der Waals surface area (Å²) < 4.78 is 0. The molecule has 1 heterocycles. The van der Waals surface area contributed by atoms with Crippen molar-refractivity contribution in [2.45, 2.75) is 92.4 Å². The normalized spacial score (nSPS) is 33.0. The Bertz CT molecular complexity index is 384. The zero-order valence-electron chi connectivity index (χ0n) is 15.0. The molecule has 2 unspecified atom stereocenters. The van der Waals surface area contributed by atoms with Crippen LogP contribution >= 0.6 is 0 Å². The Kier molecular flexibility index (Phi) is 4.45. The van der Waals surface area contributed by atoms with E-state index in [1.807, 2.05) is 0 Å². The van der Waals surface area contributed by atoms with E-state index < -0.39 is 0 Å². The fraction of sp³-hybridized carbons (Fsp3) is 0.944. The molecule has 1 saturated heterocycles. The molecule has 0 bridgehead atoms. The van der Waals surface area contributed by atoms with Gasteiger partial charge in [0, 0.05) is 6.04 Å². The molecule has 0 radical (unpaired) electrons. The first-order valence-electron chi connectivity index (χ1n) is 8.59. The van der Waals surface area contributed by atoms with Gasteiger partial charge >= 0.3 is 0 Å². The van der Waals surface area contributed by atoms with Crippen molar-refractivity contribution in [2.24, 2.45) is 16.7 Å². The Morgan fingerprint density at radius 2 is 1.71 bits per heavy atom. The molecule has 1 amide bonds. The molecule has 1 aliphatic carbocycles. The van der Waals surface area contributed by atoms with Gasteiger partial charge in [-0.15, -0.1) is 0 Å². The van der Waals surface area contributed by atoms with Crippen molar-refractivity contribution < 1.29 is 4.79 Å². The summed E-state index contributed by atoms with van der Waals surface area (Å²) in [4.78, 5) is 15.0. The molecule has 21 heavy (non-hydrogen) atoms. The maximum Gasteiger partial charge on any atom is 0.241 e. The van der Waals surface area contributed by atoms with Crippen molar-refractivity contribution in [2.75, 3.05) is 0 Å². The molecular formula is C18H34N2O. The number of rotatable bonds is 3. The molecule has 0 aromatic carbocycles. The summed E-state index contributed by atoms with van der Waals surface area (Å²) in [6.45, 7) is 15.9. The minimum atomic E-state index is 0.0214. The molecule has 2 atom stereocenters. The summed E-state index contributed by atoms with van der Waals surface area (Å²) >= 11 is 0. The predicted octanol–water partition coefficient (Wildman–Crippen LogP) is 3.78. The monoisotopic (exact) mass is 294 g/mol. The Hall–Kier alpha value is -0.570. The van der Waals surface area contributed by atoms with Crippen molar-refractivity contribution >= 4 is 5.91 Å². The summed E-state index contributed by atoms with van der Waals surface area (Å²) in [6.07, 6.45) is 4.62. The minimum Gasteiger partial charge on any atom is -0.323 e. The van der Waals surface area contributed by atoms with Crippen molar-refractivity contribution in [3.05, 3.63) is 0 Å². The minimum absolute atomic E-state index is 0.0214. The van der Waals surface area contributed by atoms with Crippen LogP contribution in [0, 0.1) is 16.7 Å². The smallest absolute Gasteiger partial charge is 0.241 e. The molecule has 1 saturated carbocycles. The van der Waals surface area contributed by atoms with Gasteiger partial charge in [-0.2, -0.15) is 0 Å². The van der Waals surface area contributed by atoms with E-state index in [1.165, 1.54) is 6.42 Å². The Labute approximate surface area is 130 Å². The lowest BCUT2D eigenvalue weighted by molar-refractivity contribution is -0.135. The molecule has 3 heteroatoms. The van der Waals surface area contributed by atoms with Crippen LogP contribution in [0.15, 0.2) is 0 Å². The number of carbonyl (C=O) groups is 1. The Balaban J connectivity index is 2.15. The van der Waals surface area contributed by atoms with Crippen LogP contribution in [0.2, 0.25) is 0 Å². The molecule has 3 nitrogen and oxygen atoms in total. The van der Waals surface area contributed by atoms with E-state index in [0.717, 1.165) is 19.3 Å². The van der Waals surface area contributed by atoms with E-state index in [1.54, 1.807) is 0 Å². The number of hydrogen-bond donors (Lipinski definition) is 1. The number of carbonyl (C=O) groups excluding carboxylic acids is 1. The third kappa shape index (κ3) is 3.80. The van der Waals surface area contributed by atoms with Crippen molar-refractivity contribution in [3.8, 4) is 0 Å². The lowest BCUT2D eigenvalue weighted by atomic mass is 9.63. The van der Waals surface area contributed by atoms with E-state index in [-0.39, 0.29) is 12.2 Å². The van der Waals surface area contributed by atoms with Crippen molar-refractivity contribution in [3.63, 3.8) is 0 Å². The first-order chi connectivity index (χ1) is 9.51. The van der Waals surface area contributed by atoms with Crippen molar-refractivity contribution in [1.82, 2.24) is 10.2 Å². The highest BCUT2D eigenvalue weighted by molar-refractivity contribution is 5.84. The van der Waals surface area contributed by atoms with Gasteiger partial charge in [-0.1, -0.05) is 41.5 Å². The first kappa shape index (κ1) is 16.8. The third-order valence-electron chi connectivity index (χ3n) is 5.05. The molecule has 2 fully saturated rings. The van der Waals surface area contributed by atoms with Gasteiger partial charge in [-0.05, 0) is 49.4 Å². The zero-order chi connectivity index (χ0) is 16.0. The quantitative estimate of drug-likeness (QED) is 0.859. The van der Waals surface area contributed by atoms with E-state index in [2.05, 4.69) is 58.7 Å². The number of amides is 1. The maximum absolute atomic E-state index is 12.8. The molecule has 0 aromatic rings. The van der Waals surface area contributed by atoms with Gasteiger partial charge in [0.25, 0.3) is 0 Å². The summed E-state index contributed by atoms with van der Waals surface area (Å²) in [5.41, 5.74) is 0.644. The fourth-order valence-corrected chi connectivity index (χ4v) is 4.93. The first-order valence-corrected chi connectivity index (χ1v) is 8.59. The predicted molar refractivity (Wildman–Crippen MR) is 87.9 cm³/mol. The average Bonchev–Trinajstić information content (AvgIpc) is 2.48. The van der Waals surface area contributed by atoms with Crippen LogP contribution in [0.1, 0.15) is 74.1 Å². The van der Waals surface area contributed by atoms with E-state index in [0.29, 0.717) is 28.7 Å². The van der Waals surface area contributed by atoms with E-state index in [4.69, 9.17) is 0 Å². The topological polar surface area (TPSA) is 32.3 Å². The molecule has 1 aliphatic heterocycles. The van der Waals surface area contributed by atoms with Crippen LogP contribution in [-0.4, -0.2) is 29.1 Å². The van der Waals surface area contributed by atoms with Crippen LogP contribution in [0.3, 0.4) is 0 Å². The fourth-order valence-electron chi connectivity index (χ4n) is 4.93. The van der Waals surface area contributed by atoms with Gasteiger partial charge in [-0.3, -0.25) is 10.1 Å². The zero-order valence-corrected chi connectivity index (χ0v) is 15.0. The maximum atomic E-state index is 12.8. The lowest BCUT2D eigenvalue weighted by Gasteiger charge is -2.48. The summed E-state index contributed by atoms with van der Waals surface area (Å²) in [5.74, 6) is 0.882. The largest absolute Gasteiger partial charge is 0.323 e. The average molecular weight is 294 g/mol. The summed E-state index contributed by atoms with van der Waals surface area (Å²) in [7, 11) is 0. The van der Waals surface area contributed by atoms with E-state index >= 15 is 0 Å². The van der Waals surface area contributed by atoms with Gasteiger partial charge in [0.1, 0.15) is 0 Å². The molecule has 0 aromatic heterocycles. The third-order valence-corrected chi connectivity index (χ3v) is 5.05. The van der Waals surface area contributed by atoms with Gasteiger partial charge in [0.15, 0.2) is 0 Å². The molecule has 0 spiro atoms. The lowest BCUT2D eigenvalue weighted by Crippen LogP contribution is -2.50. The molecule has 2 rings (SSSR count). The van der Waals surface area contributed by atoms with Gasteiger partial charge in [0.2, 0.25) is 5.91 Å². The standard InChI is InChI=1S/C18H34N2O/c1-12(2)8-15-16(21)20(13(3)19-15)14-9-17(4,5)11-18(6,7)10-14/h12-15,19H,8-11H2,1-7H3. The Morgan fingerprint density at radius 1 is 1.19 bits per heavy atom. The van der Waals surface area contributed by atoms with Crippen LogP contribution in [0.5, 0.6) is 0 Å². The second kappa shape index (κ2) is 5.57. The Morgan fingerprint density at radius 3 is 2.19 bits per heavy atom. The second-order valence-corrected chi connectivity index (χ2v) is 9.34. The van der Waals surface area contributed by atoms with Crippen molar-refractivity contribution in [1.29, 1.82) is 0 Å². The van der Waals surface area contributed by atoms with Gasteiger partial charge in [-0.25, -0.2) is 0 Å².